The Bertz CT molecular complexity index is 953. The zero-order valence-corrected chi connectivity index (χ0v) is 16.9. The van der Waals surface area contributed by atoms with Crippen molar-refractivity contribution in [3.63, 3.8) is 0 Å². The number of para-hydroxylation sites is 1. The van der Waals surface area contributed by atoms with Crippen LogP contribution in [0.3, 0.4) is 0 Å². The number of rotatable bonds is 5. The molecule has 0 amide bonds. The zero-order valence-electron chi connectivity index (χ0n) is 16.1. The van der Waals surface area contributed by atoms with Gasteiger partial charge in [-0.3, -0.25) is 0 Å². The van der Waals surface area contributed by atoms with Crippen LogP contribution in [0.25, 0.3) is 6.08 Å². The van der Waals surface area contributed by atoms with E-state index in [0.717, 1.165) is 19.5 Å². The maximum Gasteiger partial charge on any atom is 0.179 e. The number of nitrogens with zero attached hydrogens (tertiary/aromatic N) is 4. The molecule has 1 aliphatic heterocycles. The van der Waals surface area contributed by atoms with Gasteiger partial charge in [-0.05, 0) is 23.8 Å². The van der Waals surface area contributed by atoms with E-state index in [2.05, 4.69) is 82.4 Å². The molecule has 4 nitrogen and oxygen atoms in total. The Labute approximate surface area is 165 Å². The predicted molar refractivity (Wildman–Crippen MR) is 112 cm³/mol. The minimum Gasteiger partial charge on any atom is -0.338 e. The van der Waals surface area contributed by atoms with Crippen LogP contribution >= 0.6 is 11.8 Å². The molecule has 0 N–H and O–H groups in total. The number of hydrogen-bond donors (Lipinski definition) is 0. The molecule has 0 atom stereocenters. The van der Waals surface area contributed by atoms with Crippen molar-refractivity contribution < 1.29 is 4.57 Å². The summed E-state index contributed by atoms with van der Waals surface area (Å²) in [5, 5.41) is 1.27. The van der Waals surface area contributed by atoms with Gasteiger partial charge in [-0.25, -0.2) is 9.55 Å². The molecule has 3 heterocycles. The first kappa shape index (κ1) is 17.9. The summed E-state index contributed by atoms with van der Waals surface area (Å²) in [6.07, 6.45) is 9.13. The Kier molecular flexibility index (Phi) is 5.03. The summed E-state index contributed by atoms with van der Waals surface area (Å²) in [6, 6.07) is 13.1. The van der Waals surface area contributed by atoms with Gasteiger partial charge in [0, 0.05) is 63.3 Å². The van der Waals surface area contributed by atoms with E-state index < -0.39 is 0 Å². The molecule has 2 aromatic heterocycles. The third-order valence-electron chi connectivity index (χ3n) is 5.02. The fraction of sp³-hybridized carbons (Fsp3) is 0.273. The fourth-order valence-corrected chi connectivity index (χ4v) is 4.73. The Morgan fingerprint density at radius 3 is 2.63 bits per heavy atom. The monoisotopic (exact) mass is 377 g/mol. The second-order valence-electron chi connectivity index (χ2n) is 6.99. The van der Waals surface area contributed by atoms with E-state index in [-0.39, 0.29) is 0 Å². The van der Waals surface area contributed by atoms with Crippen LogP contribution in [0.2, 0.25) is 0 Å². The van der Waals surface area contributed by atoms with Gasteiger partial charge in [-0.2, -0.15) is 0 Å². The summed E-state index contributed by atoms with van der Waals surface area (Å²) in [5.41, 5.74) is 5.15. The number of hydrogen-bond acceptors (Lipinski definition) is 3. The SMILES string of the molecule is Cc1cc(C=C2Sc3ccccc3N2C)cc(C)[n+]1CCCn1ccnc1. The van der Waals surface area contributed by atoms with Crippen LogP contribution in [0.1, 0.15) is 23.4 Å². The first-order chi connectivity index (χ1) is 13.1. The lowest BCUT2D eigenvalue weighted by atomic mass is 10.1. The van der Waals surface area contributed by atoms with Gasteiger partial charge in [-0.1, -0.05) is 23.9 Å². The number of aromatic nitrogens is 3. The Hall–Kier alpha value is -2.53. The second kappa shape index (κ2) is 7.61. The Balaban J connectivity index is 1.50. The van der Waals surface area contributed by atoms with E-state index in [4.69, 9.17) is 0 Å². The molecule has 0 saturated heterocycles. The largest absolute Gasteiger partial charge is 0.338 e. The van der Waals surface area contributed by atoms with Crippen LogP contribution in [0.5, 0.6) is 0 Å². The van der Waals surface area contributed by atoms with Crippen molar-refractivity contribution in [1.82, 2.24) is 9.55 Å². The predicted octanol–water partition coefficient (Wildman–Crippen LogP) is 4.42. The zero-order chi connectivity index (χ0) is 18.8. The Morgan fingerprint density at radius 2 is 1.93 bits per heavy atom. The molecule has 1 aromatic carbocycles. The first-order valence-electron chi connectivity index (χ1n) is 9.31. The van der Waals surface area contributed by atoms with E-state index in [1.807, 2.05) is 30.5 Å². The molecule has 0 fully saturated rings. The van der Waals surface area contributed by atoms with Crippen LogP contribution in [-0.4, -0.2) is 16.6 Å². The number of anilines is 1. The van der Waals surface area contributed by atoms with E-state index in [1.54, 1.807) is 0 Å². The standard InChI is InChI=1S/C22H25N4S/c1-17-13-19(15-22-24(3)20-7-4-5-8-21(20)27-22)14-18(2)26(17)11-6-10-25-12-9-23-16-25/h4-5,7-9,12-16H,6,10-11H2,1-3H3/q+1. The van der Waals surface area contributed by atoms with Crippen molar-refractivity contribution >= 4 is 23.5 Å². The number of benzene rings is 1. The number of aryl methyl sites for hydroxylation is 3. The highest BCUT2D eigenvalue weighted by Crippen LogP contribution is 2.45. The lowest BCUT2D eigenvalue weighted by molar-refractivity contribution is -0.709. The lowest BCUT2D eigenvalue weighted by Crippen LogP contribution is -2.40. The van der Waals surface area contributed by atoms with Crippen LogP contribution in [0.15, 0.2) is 65.0 Å². The van der Waals surface area contributed by atoms with Crippen LogP contribution in [-0.2, 0) is 13.1 Å². The molecular weight excluding hydrogens is 352 g/mol. The normalized spacial score (nSPS) is 14.8. The molecule has 0 unspecified atom stereocenters. The smallest absolute Gasteiger partial charge is 0.179 e. The molecule has 0 aliphatic carbocycles. The molecule has 3 aromatic rings. The highest BCUT2D eigenvalue weighted by molar-refractivity contribution is 8.03. The Morgan fingerprint density at radius 1 is 1.15 bits per heavy atom. The summed E-state index contributed by atoms with van der Waals surface area (Å²) in [4.78, 5) is 7.71. The van der Waals surface area contributed by atoms with Gasteiger partial charge >= 0.3 is 0 Å². The van der Waals surface area contributed by atoms with E-state index in [9.17, 15) is 0 Å². The van der Waals surface area contributed by atoms with Gasteiger partial charge in [-0.15, -0.1) is 0 Å². The van der Waals surface area contributed by atoms with E-state index >= 15 is 0 Å². The molecule has 0 spiro atoms. The van der Waals surface area contributed by atoms with Crippen LogP contribution in [0, 0.1) is 13.8 Å². The summed E-state index contributed by atoms with van der Waals surface area (Å²) in [5.74, 6) is 0. The summed E-state index contributed by atoms with van der Waals surface area (Å²) in [7, 11) is 2.14. The molecule has 0 bridgehead atoms. The number of imidazole rings is 1. The van der Waals surface area contributed by atoms with Gasteiger partial charge in [0.15, 0.2) is 17.9 Å². The highest BCUT2D eigenvalue weighted by Gasteiger charge is 2.21. The third kappa shape index (κ3) is 3.78. The van der Waals surface area contributed by atoms with Crippen molar-refractivity contribution in [3.8, 4) is 0 Å². The minimum absolute atomic E-state index is 0.997. The molecule has 0 saturated carbocycles. The molecule has 27 heavy (non-hydrogen) atoms. The van der Waals surface area contributed by atoms with Gasteiger partial charge in [0.05, 0.1) is 17.0 Å². The van der Waals surface area contributed by atoms with Gasteiger partial charge in [0.1, 0.15) is 0 Å². The number of pyridine rings is 1. The molecule has 4 rings (SSSR count). The van der Waals surface area contributed by atoms with Crippen LogP contribution in [0.4, 0.5) is 5.69 Å². The summed E-state index contributed by atoms with van der Waals surface area (Å²) >= 11 is 1.84. The van der Waals surface area contributed by atoms with Crippen molar-refractivity contribution in [2.75, 3.05) is 11.9 Å². The van der Waals surface area contributed by atoms with Crippen LogP contribution < -0.4 is 9.47 Å². The molecule has 0 radical (unpaired) electrons. The van der Waals surface area contributed by atoms with Crippen molar-refractivity contribution in [1.29, 1.82) is 0 Å². The lowest BCUT2D eigenvalue weighted by Gasteiger charge is -2.13. The highest BCUT2D eigenvalue weighted by atomic mass is 32.2. The number of thioether (sulfide) groups is 1. The molecule has 5 heteroatoms. The third-order valence-corrected chi connectivity index (χ3v) is 6.19. The average Bonchev–Trinajstić information content (AvgIpc) is 3.26. The topological polar surface area (TPSA) is 24.9 Å². The quantitative estimate of drug-likeness (QED) is 0.616. The average molecular weight is 378 g/mol. The second-order valence-corrected chi connectivity index (χ2v) is 8.05. The van der Waals surface area contributed by atoms with Gasteiger partial charge in [0.25, 0.3) is 0 Å². The number of fused-ring (bicyclic) bond motifs is 1. The van der Waals surface area contributed by atoms with E-state index in [0.29, 0.717) is 0 Å². The molecular formula is C22H25N4S+. The van der Waals surface area contributed by atoms with Crippen molar-refractivity contribution in [3.05, 3.63) is 77.1 Å². The maximum absolute atomic E-state index is 4.11. The minimum atomic E-state index is 0.997. The van der Waals surface area contributed by atoms with Gasteiger partial charge < -0.3 is 9.47 Å². The van der Waals surface area contributed by atoms with Crippen molar-refractivity contribution in [2.24, 2.45) is 0 Å². The van der Waals surface area contributed by atoms with E-state index in [1.165, 1.54) is 32.6 Å². The molecule has 1 aliphatic rings. The maximum atomic E-state index is 4.11. The summed E-state index contributed by atoms with van der Waals surface area (Å²) in [6.45, 7) is 6.42. The van der Waals surface area contributed by atoms with Crippen molar-refractivity contribution in [2.45, 2.75) is 38.3 Å². The fourth-order valence-electron chi connectivity index (χ4n) is 3.61. The summed E-state index contributed by atoms with van der Waals surface area (Å²) < 4.78 is 4.54. The first-order valence-corrected chi connectivity index (χ1v) is 10.1. The molecule has 138 valence electrons. The van der Waals surface area contributed by atoms with Gasteiger partial charge in [0.2, 0.25) is 0 Å².